The first-order chi connectivity index (χ1) is 8.17. The highest BCUT2D eigenvalue weighted by atomic mass is 15.2. The minimum atomic E-state index is 0.201. The average Bonchev–Trinajstić information content (AvgIpc) is 2.39. The SMILES string of the molecule is CNC1(C)CCCN(c2ccc(C#N)cc2)C1. The lowest BCUT2D eigenvalue weighted by molar-refractivity contribution is 0.316. The van der Waals surface area contributed by atoms with E-state index in [0.717, 1.165) is 18.7 Å². The van der Waals surface area contributed by atoms with Gasteiger partial charge in [0.15, 0.2) is 0 Å². The van der Waals surface area contributed by atoms with Gasteiger partial charge in [-0.3, -0.25) is 0 Å². The third-order valence-corrected chi connectivity index (χ3v) is 3.66. The van der Waals surface area contributed by atoms with Crippen molar-refractivity contribution in [2.75, 3.05) is 25.0 Å². The Morgan fingerprint density at radius 2 is 2.06 bits per heavy atom. The molecule has 1 heterocycles. The number of nitriles is 1. The summed E-state index contributed by atoms with van der Waals surface area (Å²) in [5.74, 6) is 0. The lowest BCUT2D eigenvalue weighted by Gasteiger charge is -2.41. The Morgan fingerprint density at radius 3 is 2.65 bits per heavy atom. The van der Waals surface area contributed by atoms with Gasteiger partial charge in [-0.05, 0) is 51.1 Å². The van der Waals surface area contributed by atoms with Crippen LogP contribution in [0.2, 0.25) is 0 Å². The Hall–Kier alpha value is -1.53. The molecule has 0 bridgehead atoms. The number of hydrogen-bond acceptors (Lipinski definition) is 3. The number of nitrogens with zero attached hydrogens (tertiary/aromatic N) is 2. The van der Waals surface area contributed by atoms with E-state index in [9.17, 15) is 0 Å². The molecular formula is C14H19N3. The Balaban J connectivity index is 2.14. The van der Waals surface area contributed by atoms with Crippen LogP contribution in [0.1, 0.15) is 25.3 Å². The second kappa shape index (κ2) is 4.77. The lowest BCUT2D eigenvalue weighted by atomic mass is 9.91. The zero-order chi connectivity index (χ0) is 12.3. The maximum absolute atomic E-state index is 8.79. The number of rotatable bonds is 2. The molecular weight excluding hydrogens is 210 g/mol. The van der Waals surface area contributed by atoms with E-state index < -0.39 is 0 Å². The van der Waals surface area contributed by atoms with Crippen molar-refractivity contribution < 1.29 is 0 Å². The quantitative estimate of drug-likeness (QED) is 0.844. The van der Waals surface area contributed by atoms with Crippen molar-refractivity contribution in [2.24, 2.45) is 0 Å². The fourth-order valence-electron chi connectivity index (χ4n) is 2.41. The number of piperidine rings is 1. The second-order valence-corrected chi connectivity index (χ2v) is 4.99. The number of benzene rings is 1. The van der Waals surface area contributed by atoms with Gasteiger partial charge in [-0.2, -0.15) is 5.26 Å². The highest BCUT2D eigenvalue weighted by molar-refractivity contribution is 5.50. The minimum absolute atomic E-state index is 0.201. The summed E-state index contributed by atoms with van der Waals surface area (Å²) in [7, 11) is 2.03. The molecule has 0 aliphatic carbocycles. The monoisotopic (exact) mass is 229 g/mol. The van der Waals surface area contributed by atoms with Gasteiger partial charge in [0.2, 0.25) is 0 Å². The highest BCUT2D eigenvalue weighted by Crippen LogP contribution is 2.25. The zero-order valence-electron chi connectivity index (χ0n) is 10.5. The number of hydrogen-bond donors (Lipinski definition) is 1. The molecule has 0 saturated carbocycles. The van der Waals surface area contributed by atoms with Crippen LogP contribution in [-0.4, -0.2) is 25.7 Å². The van der Waals surface area contributed by atoms with E-state index in [4.69, 9.17) is 5.26 Å². The molecule has 1 aliphatic heterocycles. The topological polar surface area (TPSA) is 39.1 Å². The molecule has 90 valence electrons. The summed E-state index contributed by atoms with van der Waals surface area (Å²) >= 11 is 0. The van der Waals surface area contributed by atoms with Crippen LogP contribution < -0.4 is 10.2 Å². The van der Waals surface area contributed by atoms with Gasteiger partial charge in [0.1, 0.15) is 0 Å². The van der Waals surface area contributed by atoms with E-state index in [2.05, 4.69) is 23.2 Å². The summed E-state index contributed by atoms with van der Waals surface area (Å²) in [5.41, 5.74) is 2.14. The Kier molecular flexibility index (Phi) is 3.35. The first-order valence-electron chi connectivity index (χ1n) is 6.11. The van der Waals surface area contributed by atoms with E-state index in [1.165, 1.54) is 18.5 Å². The highest BCUT2D eigenvalue weighted by Gasteiger charge is 2.29. The normalized spacial score (nSPS) is 24.4. The van der Waals surface area contributed by atoms with Crippen LogP contribution in [0.4, 0.5) is 5.69 Å². The molecule has 3 heteroatoms. The third kappa shape index (κ3) is 2.59. The van der Waals surface area contributed by atoms with Crippen molar-refractivity contribution >= 4 is 5.69 Å². The van der Waals surface area contributed by atoms with Gasteiger partial charge in [0.05, 0.1) is 11.6 Å². The molecule has 1 saturated heterocycles. The Bertz CT molecular complexity index is 418. The number of nitrogens with one attached hydrogen (secondary N) is 1. The summed E-state index contributed by atoms with van der Waals surface area (Å²) in [6.45, 7) is 4.39. The Labute approximate surface area is 103 Å². The molecule has 1 aliphatic rings. The van der Waals surface area contributed by atoms with Crippen molar-refractivity contribution in [1.82, 2.24) is 5.32 Å². The molecule has 1 atom stereocenters. The maximum Gasteiger partial charge on any atom is 0.0991 e. The molecule has 2 rings (SSSR count). The van der Waals surface area contributed by atoms with E-state index >= 15 is 0 Å². The molecule has 0 spiro atoms. The predicted octanol–water partition coefficient (Wildman–Crippen LogP) is 2.14. The maximum atomic E-state index is 8.79. The van der Waals surface area contributed by atoms with Crippen LogP contribution in [0.25, 0.3) is 0 Å². The van der Waals surface area contributed by atoms with Crippen LogP contribution in [-0.2, 0) is 0 Å². The van der Waals surface area contributed by atoms with Gasteiger partial charge in [-0.25, -0.2) is 0 Å². The zero-order valence-corrected chi connectivity index (χ0v) is 10.5. The summed E-state index contributed by atoms with van der Waals surface area (Å²) in [5, 5.41) is 12.2. The summed E-state index contributed by atoms with van der Waals surface area (Å²) < 4.78 is 0. The number of likely N-dealkylation sites (N-methyl/N-ethyl adjacent to an activating group) is 1. The van der Waals surface area contributed by atoms with E-state index in [1.807, 2.05) is 31.3 Å². The van der Waals surface area contributed by atoms with Gasteiger partial charge in [-0.1, -0.05) is 0 Å². The molecule has 1 unspecified atom stereocenters. The first kappa shape index (κ1) is 11.9. The van der Waals surface area contributed by atoms with Crippen LogP contribution in [0, 0.1) is 11.3 Å². The average molecular weight is 229 g/mol. The summed E-state index contributed by atoms with van der Waals surface area (Å²) in [6, 6.07) is 10.0. The molecule has 0 radical (unpaired) electrons. The summed E-state index contributed by atoms with van der Waals surface area (Å²) in [6.07, 6.45) is 2.42. The van der Waals surface area contributed by atoms with Gasteiger partial charge in [-0.15, -0.1) is 0 Å². The summed E-state index contributed by atoms with van der Waals surface area (Å²) in [4.78, 5) is 2.39. The smallest absolute Gasteiger partial charge is 0.0991 e. The molecule has 1 fully saturated rings. The lowest BCUT2D eigenvalue weighted by Crippen LogP contribution is -2.53. The van der Waals surface area contributed by atoms with Crippen LogP contribution in [0.3, 0.4) is 0 Å². The molecule has 1 aromatic rings. The molecule has 3 nitrogen and oxygen atoms in total. The second-order valence-electron chi connectivity index (χ2n) is 4.99. The fourth-order valence-corrected chi connectivity index (χ4v) is 2.41. The molecule has 17 heavy (non-hydrogen) atoms. The number of anilines is 1. The van der Waals surface area contributed by atoms with Crippen molar-refractivity contribution in [1.29, 1.82) is 5.26 Å². The standard InChI is InChI=1S/C14H19N3/c1-14(16-2)8-3-9-17(11-14)13-6-4-12(10-15)5-7-13/h4-7,16H,3,8-9,11H2,1-2H3. The van der Waals surface area contributed by atoms with Crippen molar-refractivity contribution in [3.05, 3.63) is 29.8 Å². The molecule has 0 aromatic heterocycles. The van der Waals surface area contributed by atoms with E-state index in [0.29, 0.717) is 0 Å². The van der Waals surface area contributed by atoms with E-state index in [-0.39, 0.29) is 5.54 Å². The van der Waals surface area contributed by atoms with Crippen LogP contribution >= 0.6 is 0 Å². The van der Waals surface area contributed by atoms with Crippen LogP contribution in [0.15, 0.2) is 24.3 Å². The predicted molar refractivity (Wildman–Crippen MR) is 70.1 cm³/mol. The van der Waals surface area contributed by atoms with Crippen LogP contribution in [0.5, 0.6) is 0 Å². The van der Waals surface area contributed by atoms with Crippen molar-refractivity contribution in [2.45, 2.75) is 25.3 Å². The van der Waals surface area contributed by atoms with E-state index in [1.54, 1.807) is 0 Å². The van der Waals surface area contributed by atoms with Gasteiger partial charge in [0, 0.05) is 24.3 Å². The third-order valence-electron chi connectivity index (χ3n) is 3.66. The van der Waals surface area contributed by atoms with Gasteiger partial charge in [0.25, 0.3) is 0 Å². The van der Waals surface area contributed by atoms with Crippen molar-refractivity contribution in [3.63, 3.8) is 0 Å². The largest absolute Gasteiger partial charge is 0.370 e. The fraction of sp³-hybridized carbons (Fsp3) is 0.500. The molecule has 1 aromatic carbocycles. The minimum Gasteiger partial charge on any atom is -0.370 e. The van der Waals surface area contributed by atoms with Gasteiger partial charge < -0.3 is 10.2 Å². The molecule has 0 amide bonds. The molecule has 1 N–H and O–H groups in total. The first-order valence-corrected chi connectivity index (χ1v) is 6.11. The van der Waals surface area contributed by atoms with Gasteiger partial charge >= 0.3 is 0 Å². The Morgan fingerprint density at radius 1 is 1.35 bits per heavy atom. The van der Waals surface area contributed by atoms with Crippen molar-refractivity contribution in [3.8, 4) is 6.07 Å².